The number of amides is 1. The maximum atomic E-state index is 12.7. The number of aromatic hydroxyl groups is 1. The number of carbonyl (C=O) groups is 1. The van der Waals surface area contributed by atoms with Crippen LogP contribution in [0.3, 0.4) is 0 Å². The van der Waals surface area contributed by atoms with Gasteiger partial charge < -0.3 is 15.7 Å². The first kappa shape index (κ1) is 16.0. The lowest BCUT2D eigenvalue weighted by Crippen LogP contribution is -2.37. The first-order valence-corrected chi connectivity index (χ1v) is 8.92. The summed E-state index contributed by atoms with van der Waals surface area (Å²) in [6.45, 7) is 4.94. The Kier molecular flexibility index (Phi) is 3.71. The Labute approximate surface area is 148 Å². The van der Waals surface area contributed by atoms with Crippen molar-refractivity contribution >= 4 is 11.6 Å². The fourth-order valence-corrected chi connectivity index (χ4v) is 4.34. The average molecular weight is 336 g/mol. The van der Waals surface area contributed by atoms with Gasteiger partial charge in [0.2, 0.25) is 5.91 Å². The van der Waals surface area contributed by atoms with Crippen molar-refractivity contribution in [1.29, 1.82) is 0 Å². The van der Waals surface area contributed by atoms with Gasteiger partial charge in [0.05, 0.1) is 5.92 Å². The predicted octanol–water partition coefficient (Wildman–Crippen LogP) is 3.07. The van der Waals surface area contributed by atoms with Crippen molar-refractivity contribution in [3.8, 4) is 5.75 Å². The fraction of sp³-hybridized carbons (Fsp3) is 0.381. The third-order valence-electron chi connectivity index (χ3n) is 6.10. The molecule has 1 saturated carbocycles. The zero-order chi connectivity index (χ0) is 17.6. The summed E-state index contributed by atoms with van der Waals surface area (Å²) in [5.74, 6) is 0.782. The molecule has 1 fully saturated rings. The van der Waals surface area contributed by atoms with E-state index in [9.17, 15) is 9.90 Å². The van der Waals surface area contributed by atoms with Crippen LogP contribution in [-0.4, -0.2) is 23.6 Å². The summed E-state index contributed by atoms with van der Waals surface area (Å²) in [6.07, 6.45) is 0.867. The Balaban J connectivity index is 1.36. The molecule has 130 valence electrons. The minimum Gasteiger partial charge on any atom is -0.508 e. The van der Waals surface area contributed by atoms with Crippen LogP contribution in [0, 0.1) is 11.8 Å². The number of anilines is 1. The monoisotopic (exact) mass is 336 g/mol. The van der Waals surface area contributed by atoms with Gasteiger partial charge >= 0.3 is 0 Å². The Morgan fingerprint density at radius 1 is 1.28 bits per heavy atom. The molecule has 0 radical (unpaired) electrons. The molecule has 1 heterocycles. The van der Waals surface area contributed by atoms with Crippen LogP contribution in [0.2, 0.25) is 0 Å². The minimum absolute atomic E-state index is 0.0303. The molecule has 0 saturated heterocycles. The Morgan fingerprint density at radius 3 is 2.80 bits per heavy atom. The van der Waals surface area contributed by atoms with Crippen molar-refractivity contribution in [1.82, 2.24) is 5.32 Å². The molecule has 2 aromatic carbocycles. The van der Waals surface area contributed by atoms with Gasteiger partial charge in [-0.3, -0.25) is 4.79 Å². The smallest absolute Gasteiger partial charge is 0.224 e. The number of hydrogen-bond acceptors (Lipinski definition) is 3. The highest BCUT2D eigenvalue weighted by Gasteiger charge is 2.62. The minimum atomic E-state index is -0.0663. The summed E-state index contributed by atoms with van der Waals surface area (Å²) in [5, 5.41) is 16.1. The van der Waals surface area contributed by atoms with Crippen LogP contribution < -0.4 is 10.6 Å². The number of rotatable bonds is 4. The second-order valence-corrected chi connectivity index (χ2v) is 7.55. The molecule has 25 heavy (non-hydrogen) atoms. The Bertz CT molecular complexity index is 805. The van der Waals surface area contributed by atoms with Crippen LogP contribution >= 0.6 is 0 Å². The van der Waals surface area contributed by atoms with E-state index in [0.717, 1.165) is 12.1 Å². The van der Waals surface area contributed by atoms with Gasteiger partial charge in [0, 0.05) is 29.8 Å². The summed E-state index contributed by atoms with van der Waals surface area (Å²) >= 11 is 0. The van der Waals surface area contributed by atoms with Crippen molar-refractivity contribution in [3.63, 3.8) is 0 Å². The van der Waals surface area contributed by atoms with Crippen molar-refractivity contribution in [2.45, 2.75) is 31.7 Å². The third kappa shape index (κ3) is 2.66. The van der Waals surface area contributed by atoms with E-state index in [1.165, 1.54) is 11.1 Å². The first-order valence-electron chi connectivity index (χ1n) is 8.92. The van der Waals surface area contributed by atoms with E-state index in [2.05, 4.69) is 36.6 Å². The summed E-state index contributed by atoms with van der Waals surface area (Å²) in [6, 6.07) is 15.9. The lowest BCUT2D eigenvalue weighted by molar-refractivity contribution is -0.122. The zero-order valence-electron chi connectivity index (χ0n) is 14.6. The van der Waals surface area contributed by atoms with Gasteiger partial charge in [0.1, 0.15) is 5.75 Å². The highest BCUT2D eigenvalue weighted by atomic mass is 16.3. The molecule has 2 aromatic rings. The predicted molar refractivity (Wildman–Crippen MR) is 98.7 cm³/mol. The molecule has 0 aromatic heterocycles. The molecule has 4 nitrogen and oxygen atoms in total. The quantitative estimate of drug-likeness (QED) is 0.804. The van der Waals surface area contributed by atoms with Gasteiger partial charge in [0.15, 0.2) is 0 Å². The van der Waals surface area contributed by atoms with E-state index in [-0.39, 0.29) is 29.0 Å². The van der Waals surface area contributed by atoms with Crippen molar-refractivity contribution in [2.75, 3.05) is 11.9 Å². The molecule has 3 N–H and O–H groups in total. The number of hydrogen-bond donors (Lipinski definition) is 3. The van der Waals surface area contributed by atoms with E-state index >= 15 is 0 Å². The summed E-state index contributed by atoms with van der Waals surface area (Å²) in [5.41, 5.74) is 3.33. The topological polar surface area (TPSA) is 61.4 Å². The molecule has 1 amide bonds. The van der Waals surface area contributed by atoms with Gasteiger partial charge in [-0.2, -0.15) is 0 Å². The van der Waals surface area contributed by atoms with E-state index in [4.69, 9.17) is 0 Å². The van der Waals surface area contributed by atoms with Gasteiger partial charge in [-0.15, -0.1) is 0 Å². The molecule has 1 aliphatic carbocycles. The highest BCUT2D eigenvalue weighted by Crippen LogP contribution is 2.59. The maximum absolute atomic E-state index is 12.7. The van der Waals surface area contributed by atoms with E-state index in [1.54, 1.807) is 12.1 Å². The standard InChI is InChI=1S/C21H24N2O2/c1-13-19(21(13,2)15-6-4-3-5-7-15)20(25)22-12-16-10-14-8-9-17(24)11-18(14)23-16/h3-9,11,13,16,19,23-24H,10,12H2,1-2H3,(H,22,25)/t13-,16-,19-,21-/m0/s1. The summed E-state index contributed by atoms with van der Waals surface area (Å²) < 4.78 is 0. The second kappa shape index (κ2) is 5.80. The number of phenols is 1. The highest BCUT2D eigenvalue weighted by molar-refractivity contribution is 5.85. The van der Waals surface area contributed by atoms with Crippen LogP contribution in [0.15, 0.2) is 48.5 Å². The van der Waals surface area contributed by atoms with Crippen LogP contribution in [0.25, 0.3) is 0 Å². The van der Waals surface area contributed by atoms with Gasteiger partial charge in [-0.05, 0) is 29.5 Å². The van der Waals surface area contributed by atoms with E-state index in [0.29, 0.717) is 12.5 Å². The average Bonchev–Trinajstić information content (AvgIpc) is 2.98. The number of carbonyl (C=O) groups excluding carboxylic acids is 1. The van der Waals surface area contributed by atoms with Crippen LogP contribution in [0.1, 0.15) is 25.0 Å². The Morgan fingerprint density at radius 2 is 2.04 bits per heavy atom. The molecule has 0 unspecified atom stereocenters. The SMILES string of the molecule is C[C@H]1[C@@H](C(=O)NC[C@@H]2Cc3ccc(O)cc3N2)[C@]1(C)c1ccccc1. The van der Waals surface area contributed by atoms with E-state index < -0.39 is 0 Å². The number of nitrogens with one attached hydrogen (secondary N) is 2. The molecule has 0 bridgehead atoms. The van der Waals surface area contributed by atoms with Crippen LogP contribution in [0.5, 0.6) is 5.75 Å². The van der Waals surface area contributed by atoms with Crippen molar-refractivity contribution in [2.24, 2.45) is 11.8 Å². The molecule has 4 atom stereocenters. The fourth-order valence-electron chi connectivity index (χ4n) is 4.34. The van der Waals surface area contributed by atoms with Crippen LogP contribution in [-0.2, 0) is 16.6 Å². The lowest BCUT2D eigenvalue weighted by Gasteiger charge is -2.15. The lowest BCUT2D eigenvalue weighted by atomic mass is 9.94. The van der Waals surface area contributed by atoms with Crippen molar-refractivity contribution in [3.05, 3.63) is 59.7 Å². The molecule has 4 heteroatoms. The number of phenolic OH excluding ortho intramolecular Hbond substituents is 1. The van der Waals surface area contributed by atoms with E-state index in [1.807, 2.05) is 24.3 Å². The number of fused-ring (bicyclic) bond motifs is 1. The van der Waals surface area contributed by atoms with Gasteiger partial charge in [-0.1, -0.05) is 50.2 Å². The Hall–Kier alpha value is -2.49. The molecule has 4 rings (SSSR count). The van der Waals surface area contributed by atoms with Gasteiger partial charge in [0.25, 0.3) is 0 Å². The second-order valence-electron chi connectivity index (χ2n) is 7.55. The third-order valence-corrected chi connectivity index (χ3v) is 6.10. The van der Waals surface area contributed by atoms with Gasteiger partial charge in [-0.25, -0.2) is 0 Å². The molecular weight excluding hydrogens is 312 g/mol. The normalized spacial score (nSPS) is 29.6. The molecule has 1 aliphatic heterocycles. The molecular formula is C21H24N2O2. The first-order chi connectivity index (χ1) is 12.0. The summed E-state index contributed by atoms with van der Waals surface area (Å²) in [4.78, 5) is 12.7. The van der Waals surface area contributed by atoms with Crippen LogP contribution in [0.4, 0.5) is 5.69 Å². The summed E-state index contributed by atoms with van der Waals surface area (Å²) in [7, 11) is 0. The zero-order valence-corrected chi connectivity index (χ0v) is 14.6. The molecule has 2 aliphatic rings. The maximum Gasteiger partial charge on any atom is 0.224 e. The molecule has 0 spiro atoms. The number of benzene rings is 2. The largest absolute Gasteiger partial charge is 0.508 e. The van der Waals surface area contributed by atoms with Crippen molar-refractivity contribution < 1.29 is 9.90 Å².